The van der Waals surface area contributed by atoms with Crippen LogP contribution >= 0.6 is 24.0 Å². The Morgan fingerprint density at radius 3 is 2.67 bits per heavy atom. The van der Waals surface area contributed by atoms with Crippen molar-refractivity contribution in [3.8, 4) is 11.8 Å². The van der Waals surface area contributed by atoms with Crippen LogP contribution in [0.1, 0.15) is 16.9 Å². The smallest absolute Gasteiger partial charge is 0.263 e. The number of nitrogens with zero attached hydrogens (tertiary/aromatic N) is 1. The molecule has 0 atom stereocenters. The average Bonchev–Trinajstić information content (AvgIpc) is 3.22. The van der Waals surface area contributed by atoms with Gasteiger partial charge in [-0.15, -0.1) is 0 Å². The van der Waals surface area contributed by atoms with Crippen LogP contribution in [0.5, 0.6) is 0 Å². The van der Waals surface area contributed by atoms with E-state index in [1.54, 1.807) is 48.8 Å². The van der Waals surface area contributed by atoms with Crippen molar-refractivity contribution in [2.45, 2.75) is 0 Å². The van der Waals surface area contributed by atoms with Crippen LogP contribution in [0.3, 0.4) is 0 Å². The number of benzene rings is 1. The highest BCUT2D eigenvalue weighted by atomic mass is 32.2. The van der Waals surface area contributed by atoms with Gasteiger partial charge >= 0.3 is 0 Å². The molecule has 1 aliphatic heterocycles. The number of thiocarbonyl (C=S) groups is 1. The van der Waals surface area contributed by atoms with Gasteiger partial charge in [-0.25, -0.2) is 8.42 Å². The molecule has 0 bridgehead atoms. The first-order chi connectivity index (χ1) is 14.3. The molecule has 0 spiro atoms. The van der Waals surface area contributed by atoms with Crippen molar-refractivity contribution < 1.29 is 17.6 Å². The first-order valence-electron chi connectivity index (χ1n) is 8.49. The van der Waals surface area contributed by atoms with Crippen LogP contribution in [-0.4, -0.2) is 29.9 Å². The van der Waals surface area contributed by atoms with Gasteiger partial charge in [-0.3, -0.25) is 14.5 Å². The van der Waals surface area contributed by atoms with Gasteiger partial charge in [0.25, 0.3) is 5.91 Å². The molecule has 7 nitrogen and oxygen atoms in total. The maximum Gasteiger partial charge on any atom is 0.263 e. The Labute approximate surface area is 182 Å². The Hall–Kier alpha value is -3.13. The maximum atomic E-state index is 11.8. The molecule has 10 heteroatoms. The number of amides is 1. The SMILES string of the molecule is CS(=O)(=O)Nc1ccc(C#Cc2cncc3cc(/C=C4/SC(=S)NC4=O)oc23)cc1. The second-order valence-corrected chi connectivity index (χ2v) is 9.78. The summed E-state index contributed by atoms with van der Waals surface area (Å²) in [6, 6.07) is 8.47. The van der Waals surface area contributed by atoms with E-state index >= 15 is 0 Å². The van der Waals surface area contributed by atoms with Crippen molar-refractivity contribution in [2.24, 2.45) is 0 Å². The zero-order chi connectivity index (χ0) is 21.3. The molecule has 3 aromatic rings. The molecule has 30 heavy (non-hydrogen) atoms. The van der Waals surface area contributed by atoms with Crippen LogP contribution in [-0.2, 0) is 14.8 Å². The van der Waals surface area contributed by atoms with Gasteiger partial charge in [-0.1, -0.05) is 35.8 Å². The lowest BCUT2D eigenvalue weighted by molar-refractivity contribution is -0.115. The normalized spacial score (nSPS) is 15.2. The van der Waals surface area contributed by atoms with Crippen molar-refractivity contribution in [3.63, 3.8) is 0 Å². The van der Waals surface area contributed by atoms with E-state index in [9.17, 15) is 13.2 Å². The van der Waals surface area contributed by atoms with Crippen LogP contribution in [0.4, 0.5) is 5.69 Å². The first-order valence-corrected chi connectivity index (χ1v) is 11.6. The van der Waals surface area contributed by atoms with E-state index < -0.39 is 10.0 Å². The van der Waals surface area contributed by atoms with Gasteiger partial charge in [0.15, 0.2) is 5.58 Å². The van der Waals surface area contributed by atoms with Crippen LogP contribution in [0.2, 0.25) is 0 Å². The molecular weight excluding hydrogens is 442 g/mol. The van der Waals surface area contributed by atoms with Gasteiger partial charge in [0.1, 0.15) is 10.1 Å². The number of carbonyl (C=O) groups excluding carboxylic acids is 1. The highest BCUT2D eigenvalue weighted by Gasteiger charge is 2.22. The highest BCUT2D eigenvalue weighted by molar-refractivity contribution is 8.26. The molecule has 0 unspecified atom stereocenters. The summed E-state index contributed by atoms with van der Waals surface area (Å²) in [5, 5.41) is 3.32. The minimum atomic E-state index is -3.33. The Bertz CT molecular complexity index is 1380. The summed E-state index contributed by atoms with van der Waals surface area (Å²) >= 11 is 6.17. The predicted octanol–water partition coefficient (Wildman–Crippen LogP) is 3.09. The molecule has 150 valence electrons. The fraction of sp³-hybridized carbons (Fsp3) is 0.0500. The summed E-state index contributed by atoms with van der Waals surface area (Å²) in [7, 11) is -3.33. The van der Waals surface area contributed by atoms with Gasteiger partial charge in [0, 0.05) is 35.1 Å². The molecular formula is C20H13N3O4S3. The van der Waals surface area contributed by atoms with Gasteiger partial charge in [-0.05, 0) is 30.3 Å². The summed E-state index contributed by atoms with van der Waals surface area (Å²) in [5.41, 5.74) is 2.32. The molecule has 1 amide bonds. The Kier molecular flexibility index (Phi) is 5.34. The van der Waals surface area contributed by atoms with Crippen molar-refractivity contribution in [1.82, 2.24) is 10.3 Å². The third-order valence-electron chi connectivity index (χ3n) is 3.89. The largest absolute Gasteiger partial charge is 0.455 e. The lowest BCUT2D eigenvalue weighted by atomic mass is 10.2. The van der Waals surface area contributed by atoms with Gasteiger partial charge < -0.3 is 9.73 Å². The zero-order valence-corrected chi connectivity index (χ0v) is 17.9. The van der Waals surface area contributed by atoms with Crippen LogP contribution in [0.15, 0.2) is 52.0 Å². The fourth-order valence-corrected chi connectivity index (χ4v) is 4.26. The number of hydrogen-bond acceptors (Lipinski definition) is 7. The number of anilines is 1. The van der Waals surface area contributed by atoms with Crippen molar-refractivity contribution in [1.29, 1.82) is 0 Å². The van der Waals surface area contributed by atoms with E-state index in [1.165, 1.54) is 11.8 Å². The Balaban J connectivity index is 1.62. The Morgan fingerprint density at radius 1 is 1.23 bits per heavy atom. The highest BCUT2D eigenvalue weighted by Crippen LogP contribution is 2.29. The second kappa shape index (κ2) is 7.95. The fourth-order valence-electron chi connectivity index (χ4n) is 2.67. The van der Waals surface area contributed by atoms with Crippen molar-refractivity contribution in [2.75, 3.05) is 11.0 Å². The third-order valence-corrected chi connectivity index (χ3v) is 5.66. The molecule has 1 aromatic carbocycles. The molecule has 0 radical (unpaired) electrons. The summed E-state index contributed by atoms with van der Waals surface area (Å²) in [6.07, 6.45) is 5.98. The maximum absolute atomic E-state index is 11.8. The van der Waals surface area contributed by atoms with Crippen LogP contribution in [0, 0.1) is 11.8 Å². The van der Waals surface area contributed by atoms with Crippen LogP contribution < -0.4 is 10.0 Å². The minimum Gasteiger partial charge on any atom is -0.455 e. The topological polar surface area (TPSA) is 101 Å². The van der Waals surface area contributed by atoms with Gasteiger partial charge in [-0.2, -0.15) is 0 Å². The van der Waals surface area contributed by atoms with E-state index in [1.807, 2.05) is 0 Å². The minimum absolute atomic E-state index is 0.252. The molecule has 1 saturated heterocycles. The lowest BCUT2D eigenvalue weighted by Crippen LogP contribution is -2.17. The van der Waals surface area contributed by atoms with Crippen molar-refractivity contribution >= 4 is 67.0 Å². The lowest BCUT2D eigenvalue weighted by Gasteiger charge is -2.02. The van der Waals surface area contributed by atoms with E-state index in [0.29, 0.717) is 37.4 Å². The molecule has 0 aliphatic carbocycles. The van der Waals surface area contributed by atoms with E-state index in [-0.39, 0.29) is 5.91 Å². The predicted molar refractivity (Wildman–Crippen MR) is 121 cm³/mol. The first kappa shape index (κ1) is 20.2. The van der Waals surface area contributed by atoms with Crippen molar-refractivity contribution in [3.05, 3.63) is 64.5 Å². The molecule has 0 saturated carbocycles. The zero-order valence-electron chi connectivity index (χ0n) is 15.4. The number of rotatable bonds is 3. The van der Waals surface area contributed by atoms with Gasteiger partial charge in [0.05, 0.1) is 16.7 Å². The molecule has 1 fully saturated rings. The molecule has 2 aromatic heterocycles. The van der Waals surface area contributed by atoms with Crippen LogP contribution in [0.25, 0.3) is 17.0 Å². The molecule has 2 N–H and O–H groups in total. The quantitative estimate of drug-likeness (QED) is 0.356. The monoisotopic (exact) mass is 455 g/mol. The van der Waals surface area contributed by atoms with E-state index in [4.69, 9.17) is 16.6 Å². The average molecular weight is 456 g/mol. The van der Waals surface area contributed by atoms with Gasteiger partial charge in [0.2, 0.25) is 10.0 Å². The third kappa shape index (κ3) is 4.71. The standard InChI is InChI=1S/C20H13N3O4S3/c1-30(25,26)23-15-6-3-12(4-7-15)2-5-13-10-21-11-14-8-16(27-18(13)14)9-17-19(24)22-20(28)29-17/h3-4,6-11,23H,1H3,(H,22,24,28)/b17-9+. The summed E-state index contributed by atoms with van der Waals surface area (Å²) in [5.74, 6) is 6.28. The molecule has 4 rings (SSSR count). The number of carbonyl (C=O) groups is 1. The number of thioether (sulfide) groups is 1. The number of fused-ring (bicyclic) bond motifs is 1. The number of nitrogens with one attached hydrogen (secondary N) is 2. The summed E-state index contributed by atoms with van der Waals surface area (Å²) in [4.78, 5) is 16.5. The second-order valence-electron chi connectivity index (χ2n) is 6.31. The number of pyridine rings is 1. The molecule has 3 heterocycles. The Morgan fingerprint density at radius 2 is 2.00 bits per heavy atom. The number of sulfonamides is 1. The number of aromatic nitrogens is 1. The summed E-state index contributed by atoms with van der Waals surface area (Å²) in [6.45, 7) is 0. The molecule has 1 aliphatic rings. The number of furan rings is 1. The van der Waals surface area contributed by atoms with E-state index in [0.717, 1.165) is 11.6 Å². The summed E-state index contributed by atoms with van der Waals surface area (Å²) < 4.78 is 31.2. The van der Waals surface area contributed by atoms with E-state index in [2.05, 4.69) is 26.9 Å². The number of hydrogen-bond donors (Lipinski definition) is 2.